The van der Waals surface area contributed by atoms with Crippen LogP contribution in [-0.4, -0.2) is 8.07 Å². The second kappa shape index (κ2) is 4.81. The molecule has 0 unspecified atom stereocenters. The fourth-order valence-corrected chi connectivity index (χ4v) is 6.08. The van der Waals surface area contributed by atoms with Crippen LogP contribution in [0, 0.1) is 0 Å². The molecule has 0 aromatic carbocycles. The molecule has 1 heteroatoms. The molecular weight excluding hydrogens is 220 g/mol. The van der Waals surface area contributed by atoms with Crippen molar-refractivity contribution in [2.45, 2.75) is 51.9 Å². The van der Waals surface area contributed by atoms with Crippen LogP contribution in [0.5, 0.6) is 0 Å². The van der Waals surface area contributed by atoms with Crippen LogP contribution < -0.4 is 0 Å². The fourth-order valence-electron chi connectivity index (χ4n) is 3.00. The van der Waals surface area contributed by atoms with Crippen LogP contribution in [0.25, 0.3) is 0 Å². The van der Waals surface area contributed by atoms with Gasteiger partial charge < -0.3 is 0 Å². The third kappa shape index (κ3) is 3.57. The Bertz CT molecular complexity index is 390. The predicted octanol–water partition coefficient (Wildman–Crippen LogP) is 5.25. The highest BCUT2D eigenvalue weighted by Gasteiger charge is 2.24. The van der Waals surface area contributed by atoms with Crippen molar-refractivity contribution >= 4 is 8.07 Å². The largest absolute Gasteiger partial charge is 0.0775 e. The first-order chi connectivity index (χ1) is 7.94. The molecule has 92 valence electrons. The van der Waals surface area contributed by atoms with E-state index in [9.17, 15) is 0 Å². The lowest BCUT2D eigenvalue weighted by Crippen LogP contribution is -2.25. The lowest BCUT2D eigenvalue weighted by atomic mass is 10.3. The van der Waals surface area contributed by atoms with Gasteiger partial charge in [0.15, 0.2) is 0 Å². The molecule has 0 nitrogen and oxygen atoms in total. The summed E-state index contributed by atoms with van der Waals surface area (Å²) in [6.45, 7) is 9.51. The van der Waals surface area contributed by atoms with E-state index in [1.807, 2.05) is 0 Å². The summed E-state index contributed by atoms with van der Waals surface area (Å²) in [7, 11) is -1.10. The zero-order valence-electron chi connectivity index (χ0n) is 11.6. The molecule has 0 saturated heterocycles. The van der Waals surface area contributed by atoms with E-state index in [-0.39, 0.29) is 0 Å². The lowest BCUT2D eigenvalue weighted by Gasteiger charge is -2.24. The van der Waals surface area contributed by atoms with Gasteiger partial charge in [-0.15, -0.1) is 0 Å². The van der Waals surface area contributed by atoms with Crippen molar-refractivity contribution in [2.24, 2.45) is 0 Å². The Hall–Kier alpha value is -0.823. The van der Waals surface area contributed by atoms with Crippen LogP contribution in [0.3, 0.4) is 0 Å². The normalized spacial score (nSPS) is 20.0. The van der Waals surface area contributed by atoms with E-state index in [0.717, 1.165) is 0 Å². The molecule has 0 aliphatic heterocycles. The smallest absolute Gasteiger partial charge is 0.0554 e. The maximum absolute atomic E-state index is 2.54. The van der Waals surface area contributed by atoms with Gasteiger partial charge in [-0.25, -0.2) is 0 Å². The Morgan fingerprint density at radius 2 is 1.29 bits per heavy atom. The molecule has 0 spiro atoms. The fraction of sp³-hybridized carbons (Fsp3) is 0.500. The van der Waals surface area contributed by atoms with Gasteiger partial charge in [-0.2, -0.15) is 0 Å². The Labute approximate surface area is 107 Å². The van der Waals surface area contributed by atoms with Crippen LogP contribution >= 0.6 is 0 Å². The first kappa shape index (κ1) is 12.6. The van der Waals surface area contributed by atoms with Gasteiger partial charge in [0.05, 0.1) is 8.07 Å². The summed E-state index contributed by atoms with van der Waals surface area (Å²) in [4.78, 5) is 0. The SMILES string of the molecule is CC1=CCC(C[Si](C)(C)CC2=CC(C)=CC2)=C1. The molecule has 17 heavy (non-hydrogen) atoms. The molecule has 0 amide bonds. The van der Waals surface area contributed by atoms with Crippen molar-refractivity contribution in [1.82, 2.24) is 0 Å². The third-order valence-electron chi connectivity index (χ3n) is 3.65. The van der Waals surface area contributed by atoms with Gasteiger partial charge in [-0.05, 0) is 38.8 Å². The molecule has 0 heterocycles. The monoisotopic (exact) mass is 244 g/mol. The van der Waals surface area contributed by atoms with Gasteiger partial charge in [-0.1, -0.05) is 59.7 Å². The molecule has 0 radical (unpaired) electrons. The molecule has 0 saturated carbocycles. The van der Waals surface area contributed by atoms with E-state index < -0.39 is 8.07 Å². The molecule has 0 fully saturated rings. The first-order valence-electron chi connectivity index (χ1n) is 6.67. The van der Waals surface area contributed by atoms with Crippen LogP contribution in [0.15, 0.2) is 46.6 Å². The Morgan fingerprint density at radius 3 is 1.59 bits per heavy atom. The summed E-state index contributed by atoms with van der Waals surface area (Å²) in [5.74, 6) is 0. The minimum atomic E-state index is -1.10. The number of allylic oxidation sites excluding steroid dienone is 8. The van der Waals surface area contributed by atoms with Crippen molar-refractivity contribution < 1.29 is 0 Å². The summed E-state index contributed by atoms with van der Waals surface area (Å²) in [6, 6.07) is 2.74. The first-order valence-corrected chi connectivity index (χ1v) is 10.1. The van der Waals surface area contributed by atoms with Crippen LogP contribution in [0.1, 0.15) is 26.7 Å². The molecule has 0 aromatic rings. The molecule has 0 bridgehead atoms. The van der Waals surface area contributed by atoms with Crippen LogP contribution in [0.2, 0.25) is 25.2 Å². The number of rotatable bonds is 4. The van der Waals surface area contributed by atoms with Gasteiger partial charge in [0.25, 0.3) is 0 Å². The maximum atomic E-state index is 2.54. The van der Waals surface area contributed by atoms with Crippen molar-refractivity contribution in [3.8, 4) is 0 Å². The van der Waals surface area contributed by atoms with Crippen molar-refractivity contribution in [2.75, 3.05) is 0 Å². The van der Waals surface area contributed by atoms with Crippen LogP contribution in [-0.2, 0) is 0 Å². The standard InChI is InChI=1S/C16H24Si/c1-13-5-7-15(9-13)11-17(3,4)12-16-8-6-14(2)10-16/h5-6,9-10H,7-8,11-12H2,1-4H3. The maximum Gasteiger partial charge on any atom is 0.0554 e. The number of hydrogen-bond donors (Lipinski definition) is 0. The molecule has 2 aliphatic carbocycles. The zero-order valence-corrected chi connectivity index (χ0v) is 12.6. The molecule has 0 aromatic heterocycles. The molecule has 2 rings (SSSR count). The van der Waals surface area contributed by atoms with Gasteiger partial charge in [0.2, 0.25) is 0 Å². The zero-order chi connectivity index (χ0) is 12.5. The third-order valence-corrected chi connectivity index (χ3v) is 6.47. The van der Waals surface area contributed by atoms with E-state index in [0.29, 0.717) is 0 Å². The average Bonchev–Trinajstić information content (AvgIpc) is 2.74. The van der Waals surface area contributed by atoms with Crippen molar-refractivity contribution in [3.63, 3.8) is 0 Å². The molecule has 0 N–H and O–H groups in total. The highest BCUT2D eigenvalue weighted by atomic mass is 28.3. The lowest BCUT2D eigenvalue weighted by molar-refractivity contribution is 1.15. The summed E-state index contributed by atoms with van der Waals surface area (Å²) in [6.07, 6.45) is 11.9. The van der Waals surface area contributed by atoms with Crippen molar-refractivity contribution in [1.29, 1.82) is 0 Å². The van der Waals surface area contributed by atoms with E-state index in [2.05, 4.69) is 51.2 Å². The van der Waals surface area contributed by atoms with Crippen molar-refractivity contribution in [3.05, 3.63) is 46.6 Å². The van der Waals surface area contributed by atoms with Gasteiger partial charge in [-0.3, -0.25) is 0 Å². The minimum Gasteiger partial charge on any atom is -0.0775 e. The summed E-state index contributed by atoms with van der Waals surface area (Å²) >= 11 is 0. The molecule has 2 aliphatic rings. The summed E-state index contributed by atoms with van der Waals surface area (Å²) in [5, 5.41) is 0. The van der Waals surface area contributed by atoms with E-state index >= 15 is 0 Å². The van der Waals surface area contributed by atoms with Gasteiger partial charge in [0.1, 0.15) is 0 Å². The highest BCUT2D eigenvalue weighted by molar-refractivity contribution is 6.78. The average molecular weight is 244 g/mol. The van der Waals surface area contributed by atoms with E-state index in [4.69, 9.17) is 0 Å². The van der Waals surface area contributed by atoms with Gasteiger partial charge in [0, 0.05) is 0 Å². The molecular formula is C16H24Si. The Morgan fingerprint density at radius 1 is 0.882 bits per heavy atom. The number of hydrogen-bond acceptors (Lipinski definition) is 0. The van der Waals surface area contributed by atoms with Crippen LogP contribution in [0.4, 0.5) is 0 Å². The quantitative estimate of drug-likeness (QED) is 0.593. The summed E-state index contributed by atoms with van der Waals surface area (Å²) in [5.41, 5.74) is 6.26. The molecule has 0 atom stereocenters. The predicted molar refractivity (Wildman–Crippen MR) is 80.0 cm³/mol. The summed E-state index contributed by atoms with van der Waals surface area (Å²) < 4.78 is 0. The van der Waals surface area contributed by atoms with E-state index in [1.54, 1.807) is 11.1 Å². The Balaban J connectivity index is 1.92. The topological polar surface area (TPSA) is 0 Å². The minimum absolute atomic E-state index is 1.10. The van der Waals surface area contributed by atoms with Gasteiger partial charge >= 0.3 is 0 Å². The Kier molecular flexibility index (Phi) is 3.57. The van der Waals surface area contributed by atoms with E-state index in [1.165, 1.54) is 36.1 Å². The second-order valence-electron chi connectivity index (χ2n) is 6.43. The second-order valence-corrected chi connectivity index (χ2v) is 11.5. The highest BCUT2D eigenvalue weighted by Crippen LogP contribution is 2.32.